The molecule has 0 bridgehead atoms. The molecule has 1 fully saturated rings. The topological polar surface area (TPSA) is 39.9 Å². The van der Waals surface area contributed by atoms with Crippen LogP contribution in [0.1, 0.15) is 41.4 Å². The van der Waals surface area contributed by atoms with Gasteiger partial charge in [-0.25, -0.2) is 4.98 Å². The van der Waals surface area contributed by atoms with Crippen LogP contribution in [0, 0.1) is 11.3 Å². The molecule has 4 heteroatoms. The average molecular weight is 333 g/mol. The molecule has 120 valence electrons. The summed E-state index contributed by atoms with van der Waals surface area (Å²) in [5.74, 6) is 0. The van der Waals surface area contributed by atoms with Gasteiger partial charge in [-0.1, -0.05) is 36.8 Å². The molecule has 3 nitrogen and oxygen atoms in total. The monoisotopic (exact) mass is 333 g/mol. The van der Waals surface area contributed by atoms with Crippen molar-refractivity contribution >= 4 is 21.6 Å². The van der Waals surface area contributed by atoms with Crippen LogP contribution in [0.25, 0.3) is 10.2 Å². The normalized spacial score (nSPS) is 18.5. The summed E-state index contributed by atoms with van der Waals surface area (Å²) in [5.41, 5.74) is 3.00. The quantitative estimate of drug-likeness (QED) is 0.685. The van der Waals surface area contributed by atoms with E-state index < -0.39 is 0 Å². The molecule has 0 aliphatic carbocycles. The predicted octanol–water partition coefficient (Wildman–Crippen LogP) is 4.90. The van der Waals surface area contributed by atoms with Gasteiger partial charge in [-0.3, -0.25) is 4.90 Å². The Kier molecular flexibility index (Phi) is 4.29. The molecule has 1 atom stereocenters. The number of benzene rings is 2. The van der Waals surface area contributed by atoms with Crippen molar-refractivity contribution in [1.82, 2.24) is 9.88 Å². The summed E-state index contributed by atoms with van der Waals surface area (Å²) in [6.07, 6.45) is 3.61. The third-order valence-corrected chi connectivity index (χ3v) is 5.86. The fraction of sp³-hybridized carbons (Fsp3) is 0.300. The molecule has 0 radical (unpaired) electrons. The van der Waals surface area contributed by atoms with E-state index in [0.717, 1.165) is 36.2 Å². The maximum Gasteiger partial charge on any atom is 0.111 e. The largest absolute Gasteiger partial charge is 0.290 e. The van der Waals surface area contributed by atoms with Gasteiger partial charge in [0.15, 0.2) is 0 Å². The lowest BCUT2D eigenvalue weighted by Crippen LogP contribution is -2.33. The van der Waals surface area contributed by atoms with E-state index in [-0.39, 0.29) is 0 Å². The third kappa shape index (κ3) is 2.93. The van der Waals surface area contributed by atoms with Crippen LogP contribution in [-0.4, -0.2) is 16.4 Å². The second kappa shape index (κ2) is 6.72. The van der Waals surface area contributed by atoms with Gasteiger partial charge in [0.1, 0.15) is 5.01 Å². The van der Waals surface area contributed by atoms with Crippen molar-refractivity contribution in [2.24, 2.45) is 0 Å². The van der Waals surface area contributed by atoms with Gasteiger partial charge in [0.2, 0.25) is 0 Å². The zero-order chi connectivity index (χ0) is 16.4. The average Bonchev–Trinajstić information content (AvgIpc) is 3.06. The molecule has 2 heterocycles. The molecule has 1 aliphatic rings. The summed E-state index contributed by atoms with van der Waals surface area (Å²) in [4.78, 5) is 7.38. The minimum absolute atomic E-state index is 0.364. The molecule has 3 aromatic rings. The minimum atomic E-state index is 0.364. The van der Waals surface area contributed by atoms with Crippen molar-refractivity contribution in [1.29, 1.82) is 5.26 Å². The molecule has 4 rings (SSSR count). The Morgan fingerprint density at radius 2 is 1.96 bits per heavy atom. The summed E-state index contributed by atoms with van der Waals surface area (Å²) < 4.78 is 1.26. The highest BCUT2D eigenvalue weighted by molar-refractivity contribution is 7.18. The van der Waals surface area contributed by atoms with Crippen LogP contribution in [0.15, 0.2) is 48.5 Å². The van der Waals surface area contributed by atoms with E-state index in [1.54, 1.807) is 0 Å². The first-order valence-corrected chi connectivity index (χ1v) is 9.24. The molecular weight excluding hydrogens is 314 g/mol. The van der Waals surface area contributed by atoms with Crippen LogP contribution in [0.4, 0.5) is 0 Å². The summed E-state index contributed by atoms with van der Waals surface area (Å²) in [5, 5.41) is 10.6. The molecular formula is C20H19N3S. The van der Waals surface area contributed by atoms with Crippen molar-refractivity contribution in [3.63, 3.8) is 0 Å². The Morgan fingerprint density at radius 3 is 2.83 bits per heavy atom. The molecule has 24 heavy (non-hydrogen) atoms. The summed E-state index contributed by atoms with van der Waals surface area (Å²) in [7, 11) is 0. The Bertz CT molecular complexity index is 860. The van der Waals surface area contributed by atoms with Gasteiger partial charge in [-0.2, -0.15) is 5.26 Å². The van der Waals surface area contributed by atoms with Crippen LogP contribution in [-0.2, 0) is 6.54 Å². The maximum absolute atomic E-state index is 9.35. The van der Waals surface area contributed by atoms with Crippen molar-refractivity contribution < 1.29 is 0 Å². The Balaban J connectivity index is 1.64. The van der Waals surface area contributed by atoms with Crippen LogP contribution in [0.3, 0.4) is 0 Å². The fourth-order valence-electron chi connectivity index (χ4n) is 3.48. The number of para-hydroxylation sites is 1. The summed E-state index contributed by atoms with van der Waals surface area (Å²) in [6.45, 7) is 1.89. The SMILES string of the molecule is N#Cc1ccccc1CN1CCCC[C@@H]1c1nc2ccccc2s1. The molecule has 0 spiro atoms. The van der Waals surface area contributed by atoms with E-state index in [4.69, 9.17) is 4.98 Å². The van der Waals surface area contributed by atoms with Gasteiger partial charge < -0.3 is 0 Å². The van der Waals surface area contributed by atoms with Gasteiger partial charge in [-0.05, 0) is 43.1 Å². The van der Waals surface area contributed by atoms with E-state index in [9.17, 15) is 5.26 Å². The number of fused-ring (bicyclic) bond motifs is 1. The van der Waals surface area contributed by atoms with Crippen LogP contribution in [0.2, 0.25) is 0 Å². The first-order chi connectivity index (χ1) is 11.8. The zero-order valence-corrected chi connectivity index (χ0v) is 14.3. The summed E-state index contributed by atoms with van der Waals surface area (Å²) in [6, 6.07) is 19.0. The van der Waals surface area contributed by atoms with E-state index in [1.807, 2.05) is 35.6 Å². The number of nitriles is 1. The Hall–Kier alpha value is -2.22. The first-order valence-electron chi connectivity index (χ1n) is 8.42. The fourth-order valence-corrected chi connectivity index (χ4v) is 4.62. The number of hydrogen-bond donors (Lipinski definition) is 0. The lowest BCUT2D eigenvalue weighted by atomic mass is 10.0. The third-order valence-electron chi connectivity index (χ3n) is 4.72. The highest BCUT2D eigenvalue weighted by Crippen LogP contribution is 2.36. The number of aromatic nitrogens is 1. The zero-order valence-electron chi connectivity index (χ0n) is 13.5. The molecule has 1 saturated heterocycles. The molecule has 0 amide bonds. The highest BCUT2D eigenvalue weighted by atomic mass is 32.1. The van der Waals surface area contributed by atoms with Gasteiger partial charge in [0, 0.05) is 6.54 Å². The lowest BCUT2D eigenvalue weighted by Gasteiger charge is -2.34. The Morgan fingerprint density at radius 1 is 1.12 bits per heavy atom. The number of likely N-dealkylation sites (tertiary alicyclic amines) is 1. The van der Waals surface area contributed by atoms with E-state index in [1.165, 1.54) is 22.5 Å². The van der Waals surface area contributed by atoms with Crippen LogP contribution < -0.4 is 0 Å². The first kappa shape index (κ1) is 15.3. The smallest absolute Gasteiger partial charge is 0.111 e. The molecule has 0 unspecified atom stereocenters. The van der Waals surface area contributed by atoms with E-state index >= 15 is 0 Å². The summed E-state index contributed by atoms with van der Waals surface area (Å²) >= 11 is 1.81. The lowest BCUT2D eigenvalue weighted by molar-refractivity contribution is 0.140. The van der Waals surface area contributed by atoms with E-state index in [2.05, 4.69) is 35.2 Å². The number of hydrogen-bond acceptors (Lipinski definition) is 4. The second-order valence-corrected chi connectivity index (χ2v) is 7.33. The molecule has 1 aromatic heterocycles. The van der Waals surface area contributed by atoms with E-state index in [0.29, 0.717) is 6.04 Å². The Labute approximate surface area is 146 Å². The van der Waals surface area contributed by atoms with Gasteiger partial charge in [-0.15, -0.1) is 11.3 Å². The maximum atomic E-state index is 9.35. The van der Waals surface area contributed by atoms with Gasteiger partial charge in [0.05, 0.1) is 27.9 Å². The van der Waals surface area contributed by atoms with Gasteiger partial charge >= 0.3 is 0 Å². The molecule has 0 saturated carbocycles. The van der Waals surface area contributed by atoms with Crippen molar-refractivity contribution in [2.45, 2.75) is 31.8 Å². The number of thiazole rings is 1. The van der Waals surface area contributed by atoms with Crippen molar-refractivity contribution in [2.75, 3.05) is 6.54 Å². The highest BCUT2D eigenvalue weighted by Gasteiger charge is 2.27. The van der Waals surface area contributed by atoms with Crippen LogP contribution >= 0.6 is 11.3 Å². The van der Waals surface area contributed by atoms with Crippen molar-refractivity contribution in [3.05, 3.63) is 64.7 Å². The number of piperidine rings is 1. The molecule has 0 N–H and O–H groups in total. The minimum Gasteiger partial charge on any atom is -0.290 e. The van der Waals surface area contributed by atoms with Crippen molar-refractivity contribution in [3.8, 4) is 6.07 Å². The number of rotatable bonds is 3. The molecule has 1 aliphatic heterocycles. The van der Waals surface area contributed by atoms with Gasteiger partial charge in [0.25, 0.3) is 0 Å². The predicted molar refractivity (Wildman–Crippen MR) is 97.8 cm³/mol. The second-order valence-electron chi connectivity index (χ2n) is 6.27. The standard InChI is InChI=1S/C20H19N3S/c21-13-15-7-1-2-8-16(15)14-23-12-6-5-10-18(23)20-22-17-9-3-4-11-19(17)24-20/h1-4,7-9,11,18H,5-6,10,12,14H2/t18-/m1/s1. The number of nitrogens with zero attached hydrogens (tertiary/aromatic N) is 3. The molecule has 2 aromatic carbocycles. The van der Waals surface area contributed by atoms with Crippen LogP contribution in [0.5, 0.6) is 0 Å².